The van der Waals surface area contributed by atoms with Crippen LogP contribution in [0.1, 0.15) is 129 Å². The summed E-state index contributed by atoms with van der Waals surface area (Å²) in [6.07, 6.45) is 18.4. The Morgan fingerprint density at radius 1 is 0.719 bits per heavy atom. The van der Waals surface area contributed by atoms with Crippen LogP contribution in [0, 0.1) is 0 Å². The number of ketones is 2. The second kappa shape index (κ2) is 12.7. The van der Waals surface area contributed by atoms with E-state index in [2.05, 4.69) is 12.1 Å². The highest BCUT2D eigenvalue weighted by molar-refractivity contribution is 6.26. The summed E-state index contributed by atoms with van der Waals surface area (Å²) in [5.74, 6) is -0.196. The Hall–Kier alpha value is -2.30. The molecule has 0 fully saturated rings. The van der Waals surface area contributed by atoms with Crippen LogP contribution < -0.4 is 4.68 Å². The molecule has 0 amide bonds. The molecule has 2 aromatic rings. The van der Waals surface area contributed by atoms with E-state index in [9.17, 15) is 9.59 Å². The van der Waals surface area contributed by atoms with Crippen molar-refractivity contribution < 1.29 is 14.3 Å². The fourth-order valence-electron chi connectivity index (χ4n) is 4.75. The first-order chi connectivity index (χ1) is 15.6. The number of benzene rings is 1. The quantitative estimate of drug-likeness (QED) is 0.217. The molecule has 0 radical (unpaired) electrons. The molecule has 1 aliphatic rings. The maximum atomic E-state index is 13.0. The molecular formula is C27H40N3O2+. The number of carbonyl (C=O) groups is 2. The van der Waals surface area contributed by atoms with Gasteiger partial charge >= 0.3 is 0 Å². The molecule has 5 heteroatoms. The van der Waals surface area contributed by atoms with Crippen molar-refractivity contribution in [3.8, 4) is 0 Å². The molecule has 1 aliphatic carbocycles. The number of hydrogen-bond acceptors (Lipinski definition) is 3. The standard InChI is InChI=1S/C27H40N3O2/c1-3-4-5-6-7-8-9-10-11-12-13-14-15-18-21-30-25-24(29(2)28-30)26(31)22-19-16-17-20-23(22)27(25)32/h16-17,19-20H,3-15,18,21H2,1-2H3/q+1. The molecule has 0 spiro atoms. The minimum Gasteiger partial charge on any atom is -0.284 e. The lowest BCUT2D eigenvalue weighted by molar-refractivity contribution is -0.733. The van der Waals surface area contributed by atoms with Crippen molar-refractivity contribution in [3.63, 3.8) is 0 Å². The summed E-state index contributed by atoms with van der Waals surface area (Å²) >= 11 is 0. The summed E-state index contributed by atoms with van der Waals surface area (Å²) in [4.78, 5) is 25.9. The van der Waals surface area contributed by atoms with Gasteiger partial charge in [-0.1, -0.05) is 108 Å². The van der Waals surface area contributed by atoms with Crippen molar-refractivity contribution in [2.75, 3.05) is 0 Å². The molecule has 0 unspecified atom stereocenters. The van der Waals surface area contributed by atoms with Crippen molar-refractivity contribution in [3.05, 3.63) is 46.8 Å². The van der Waals surface area contributed by atoms with E-state index in [4.69, 9.17) is 0 Å². The molecule has 0 atom stereocenters. The molecule has 5 nitrogen and oxygen atoms in total. The maximum Gasteiger partial charge on any atom is 0.249 e. The number of fused-ring (bicyclic) bond motifs is 2. The highest BCUT2D eigenvalue weighted by Crippen LogP contribution is 2.25. The fourth-order valence-corrected chi connectivity index (χ4v) is 4.75. The van der Waals surface area contributed by atoms with Crippen molar-refractivity contribution in [1.82, 2.24) is 9.90 Å². The lowest BCUT2D eigenvalue weighted by Crippen LogP contribution is -2.39. The van der Waals surface area contributed by atoms with Crippen LogP contribution in [0.4, 0.5) is 0 Å². The first kappa shape index (κ1) is 24.3. The largest absolute Gasteiger partial charge is 0.284 e. The number of rotatable bonds is 15. The van der Waals surface area contributed by atoms with Crippen LogP contribution in [-0.4, -0.2) is 21.5 Å². The van der Waals surface area contributed by atoms with E-state index in [1.807, 2.05) is 6.07 Å². The highest BCUT2D eigenvalue weighted by Gasteiger charge is 2.41. The van der Waals surface area contributed by atoms with E-state index in [1.54, 1.807) is 34.6 Å². The fraction of sp³-hybridized carbons (Fsp3) is 0.630. The van der Waals surface area contributed by atoms with E-state index in [-0.39, 0.29) is 11.6 Å². The van der Waals surface area contributed by atoms with Gasteiger partial charge in [-0.25, -0.2) is 0 Å². The Labute approximate surface area is 193 Å². The van der Waals surface area contributed by atoms with Gasteiger partial charge < -0.3 is 0 Å². The number of nitrogens with zero attached hydrogens (tertiary/aromatic N) is 3. The number of unbranched alkanes of at least 4 members (excludes halogenated alkanes) is 13. The first-order valence-electron chi connectivity index (χ1n) is 12.8. The summed E-state index contributed by atoms with van der Waals surface area (Å²) < 4.78 is 3.31. The van der Waals surface area contributed by atoms with E-state index in [0.29, 0.717) is 29.1 Å². The Kier molecular flexibility index (Phi) is 9.63. The minimum absolute atomic E-state index is 0.0892. The van der Waals surface area contributed by atoms with E-state index in [0.717, 1.165) is 12.8 Å². The molecule has 0 bridgehead atoms. The molecular weight excluding hydrogens is 398 g/mol. The summed E-state index contributed by atoms with van der Waals surface area (Å²) in [7, 11) is 1.75. The molecule has 1 aromatic carbocycles. The Morgan fingerprint density at radius 3 is 1.72 bits per heavy atom. The van der Waals surface area contributed by atoms with E-state index in [1.165, 1.54) is 77.0 Å². The van der Waals surface area contributed by atoms with Crippen molar-refractivity contribution >= 4 is 11.6 Å². The third kappa shape index (κ3) is 6.14. The van der Waals surface area contributed by atoms with Gasteiger partial charge in [-0.2, -0.15) is 0 Å². The van der Waals surface area contributed by atoms with Crippen molar-refractivity contribution in [2.45, 2.75) is 103 Å². The second-order valence-corrected chi connectivity index (χ2v) is 9.23. The number of aryl methyl sites for hydroxylation is 2. The van der Waals surface area contributed by atoms with Crippen molar-refractivity contribution in [2.24, 2.45) is 7.05 Å². The van der Waals surface area contributed by atoms with Gasteiger partial charge in [-0.15, -0.1) is 9.36 Å². The van der Waals surface area contributed by atoms with Crippen molar-refractivity contribution in [1.29, 1.82) is 0 Å². The van der Waals surface area contributed by atoms with Crippen LogP contribution >= 0.6 is 0 Å². The molecule has 174 valence electrons. The van der Waals surface area contributed by atoms with Crippen LogP contribution in [0.5, 0.6) is 0 Å². The van der Waals surface area contributed by atoms with Gasteiger partial charge in [0.25, 0.3) is 0 Å². The van der Waals surface area contributed by atoms with Gasteiger partial charge in [0.2, 0.25) is 23.0 Å². The minimum atomic E-state index is -0.107. The zero-order valence-electron chi connectivity index (χ0n) is 20.1. The molecule has 0 aliphatic heterocycles. The third-order valence-electron chi connectivity index (χ3n) is 6.62. The predicted molar refractivity (Wildman–Crippen MR) is 127 cm³/mol. The number of hydrogen-bond donors (Lipinski definition) is 0. The van der Waals surface area contributed by atoms with E-state index >= 15 is 0 Å². The molecule has 1 aromatic heterocycles. The molecule has 0 N–H and O–H groups in total. The Morgan fingerprint density at radius 2 is 1.19 bits per heavy atom. The number of carbonyl (C=O) groups excluding carboxylic acids is 2. The Bertz CT molecular complexity index is 900. The van der Waals surface area contributed by atoms with Crippen LogP contribution in [0.15, 0.2) is 24.3 Å². The maximum absolute atomic E-state index is 13.0. The molecule has 0 saturated carbocycles. The zero-order valence-corrected chi connectivity index (χ0v) is 20.1. The van der Waals surface area contributed by atoms with Crippen LogP contribution in [0.2, 0.25) is 0 Å². The van der Waals surface area contributed by atoms with Crippen LogP contribution in [0.3, 0.4) is 0 Å². The predicted octanol–water partition coefficient (Wildman–Crippen LogP) is 5.96. The molecule has 32 heavy (non-hydrogen) atoms. The smallest absolute Gasteiger partial charge is 0.249 e. The average molecular weight is 439 g/mol. The zero-order chi connectivity index (χ0) is 22.8. The molecule has 3 rings (SSSR count). The second-order valence-electron chi connectivity index (χ2n) is 9.23. The lowest BCUT2D eigenvalue weighted by atomic mass is 9.90. The molecule has 0 saturated heterocycles. The summed E-state index contributed by atoms with van der Waals surface area (Å²) in [6, 6.07) is 7.07. The SMILES string of the molecule is CCCCCCCCCCCCCCCCn1n[n+](C)c2c1C(=O)c1ccccc1C2=O. The van der Waals surface area contributed by atoms with Crippen LogP contribution in [0.25, 0.3) is 0 Å². The van der Waals surface area contributed by atoms with Gasteiger partial charge in [0.15, 0.2) is 0 Å². The third-order valence-corrected chi connectivity index (χ3v) is 6.62. The topological polar surface area (TPSA) is 55.8 Å². The number of aromatic nitrogens is 3. The first-order valence-corrected chi connectivity index (χ1v) is 12.8. The summed E-state index contributed by atoms with van der Waals surface area (Å²) in [5.41, 5.74) is 1.84. The lowest BCUT2D eigenvalue weighted by Gasteiger charge is -2.11. The van der Waals surface area contributed by atoms with Crippen LogP contribution in [-0.2, 0) is 13.6 Å². The normalized spacial score (nSPS) is 12.8. The highest BCUT2D eigenvalue weighted by atomic mass is 16.1. The monoisotopic (exact) mass is 438 g/mol. The van der Waals surface area contributed by atoms with Gasteiger partial charge in [0.1, 0.15) is 13.6 Å². The van der Waals surface area contributed by atoms with Gasteiger partial charge in [0, 0.05) is 11.1 Å². The summed E-state index contributed by atoms with van der Waals surface area (Å²) in [6.45, 7) is 2.95. The Balaban J connectivity index is 1.33. The van der Waals surface area contributed by atoms with Gasteiger partial charge in [-0.05, 0) is 12.8 Å². The summed E-state index contributed by atoms with van der Waals surface area (Å²) in [5, 5.41) is 4.47. The average Bonchev–Trinajstić information content (AvgIpc) is 3.14. The molecule has 1 heterocycles. The van der Waals surface area contributed by atoms with Gasteiger partial charge in [0.05, 0.1) is 5.21 Å². The van der Waals surface area contributed by atoms with Gasteiger partial charge in [-0.3, -0.25) is 9.59 Å². The van der Waals surface area contributed by atoms with E-state index < -0.39 is 0 Å².